The van der Waals surface area contributed by atoms with E-state index < -0.39 is 0 Å². The van der Waals surface area contributed by atoms with E-state index in [1.807, 2.05) is 4.90 Å². The first-order chi connectivity index (χ1) is 8.08. The van der Waals surface area contributed by atoms with Crippen LogP contribution in [0.25, 0.3) is 0 Å². The standard InChI is InChI=1S/C14H28N2O/c1-4-16(10-11(2)3)14(17)13-7-5-12(9-15)6-8-13/h11-13H,4-10,15H2,1-3H3. The molecule has 0 aromatic carbocycles. The zero-order valence-corrected chi connectivity index (χ0v) is 11.6. The molecule has 0 heterocycles. The maximum atomic E-state index is 12.4. The largest absolute Gasteiger partial charge is 0.342 e. The van der Waals surface area contributed by atoms with Gasteiger partial charge in [-0.05, 0) is 51.0 Å². The minimum absolute atomic E-state index is 0.261. The van der Waals surface area contributed by atoms with Gasteiger partial charge in [0.1, 0.15) is 0 Å². The average molecular weight is 240 g/mol. The lowest BCUT2D eigenvalue weighted by atomic mass is 9.81. The number of rotatable bonds is 5. The molecule has 0 saturated heterocycles. The number of hydrogen-bond donors (Lipinski definition) is 1. The Labute approximate surface area is 106 Å². The summed E-state index contributed by atoms with van der Waals surface area (Å²) in [5.41, 5.74) is 5.68. The number of nitrogens with two attached hydrogens (primary N) is 1. The van der Waals surface area contributed by atoms with Crippen molar-refractivity contribution in [3.05, 3.63) is 0 Å². The van der Waals surface area contributed by atoms with Crippen LogP contribution in [-0.2, 0) is 4.79 Å². The minimum Gasteiger partial charge on any atom is -0.342 e. The third-order valence-corrected chi connectivity index (χ3v) is 3.81. The molecule has 0 unspecified atom stereocenters. The number of amides is 1. The van der Waals surface area contributed by atoms with Crippen molar-refractivity contribution in [1.29, 1.82) is 0 Å². The molecular formula is C14H28N2O. The highest BCUT2D eigenvalue weighted by atomic mass is 16.2. The van der Waals surface area contributed by atoms with Crippen LogP contribution in [0.4, 0.5) is 0 Å². The summed E-state index contributed by atoms with van der Waals surface area (Å²) in [6, 6.07) is 0. The van der Waals surface area contributed by atoms with E-state index in [9.17, 15) is 4.79 Å². The maximum Gasteiger partial charge on any atom is 0.225 e. The Hall–Kier alpha value is -0.570. The molecule has 0 spiro atoms. The molecule has 1 aliphatic carbocycles. The van der Waals surface area contributed by atoms with E-state index in [-0.39, 0.29) is 5.92 Å². The van der Waals surface area contributed by atoms with Crippen molar-refractivity contribution in [3.8, 4) is 0 Å². The molecule has 0 bridgehead atoms. The third-order valence-electron chi connectivity index (χ3n) is 3.81. The summed E-state index contributed by atoms with van der Waals surface area (Å²) >= 11 is 0. The Morgan fingerprint density at radius 2 is 1.88 bits per heavy atom. The summed E-state index contributed by atoms with van der Waals surface area (Å²) in [7, 11) is 0. The second kappa shape index (κ2) is 7.00. The predicted octanol–water partition coefficient (Wildman–Crippen LogP) is 2.26. The summed E-state index contributed by atoms with van der Waals surface area (Å²) in [4.78, 5) is 14.4. The van der Waals surface area contributed by atoms with Gasteiger partial charge in [0.25, 0.3) is 0 Å². The Morgan fingerprint density at radius 3 is 2.29 bits per heavy atom. The van der Waals surface area contributed by atoms with E-state index >= 15 is 0 Å². The number of carbonyl (C=O) groups excluding carboxylic acids is 1. The van der Waals surface area contributed by atoms with Crippen molar-refractivity contribution in [1.82, 2.24) is 4.90 Å². The topological polar surface area (TPSA) is 46.3 Å². The van der Waals surface area contributed by atoms with E-state index in [0.717, 1.165) is 45.3 Å². The van der Waals surface area contributed by atoms with Crippen LogP contribution in [0.1, 0.15) is 46.5 Å². The van der Waals surface area contributed by atoms with Gasteiger partial charge in [0.05, 0.1) is 0 Å². The van der Waals surface area contributed by atoms with Crippen molar-refractivity contribution in [2.45, 2.75) is 46.5 Å². The fraction of sp³-hybridized carbons (Fsp3) is 0.929. The summed E-state index contributed by atoms with van der Waals surface area (Å²) in [5, 5.41) is 0. The fourth-order valence-electron chi connectivity index (χ4n) is 2.72. The van der Waals surface area contributed by atoms with E-state index in [0.29, 0.717) is 17.7 Å². The Kier molecular flexibility index (Phi) is 5.96. The molecule has 0 atom stereocenters. The molecule has 0 aliphatic heterocycles. The molecule has 17 heavy (non-hydrogen) atoms. The van der Waals surface area contributed by atoms with Gasteiger partial charge in [-0.15, -0.1) is 0 Å². The van der Waals surface area contributed by atoms with Crippen molar-refractivity contribution < 1.29 is 4.79 Å². The van der Waals surface area contributed by atoms with Crippen molar-refractivity contribution in [3.63, 3.8) is 0 Å². The maximum absolute atomic E-state index is 12.4. The van der Waals surface area contributed by atoms with Gasteiger partial charge in [-0.2, -0.15) is 0 Å². The normalized spacial score (nSPS) is 25.0. The molecular weight excluding hydrogens is 212 g/mol. The summed E-state index contributed by atoms with van der Waals surface area (Å²) < 4.78 is 0. The molecule has 1 saturated carbocycles. The van der Waals surface area contributed by atoms with Gasteiger partial charge >= 0.3 is 0 Å². The van der Waals surface area contributed by atoms with E-state index in [1.165, 1.54) is 0 Å². The highest BCUT2D eigenvalue weighted by Crippen LogP contribution is 2.29. The summed E-state index contributed by atoms with van der Waals surface area (Å²) in [5.74, 6) is 1.84. The number of hydrogen-bond acceptors (Lipinski definition) is 2. The molecule has 0 aromatic rings. The first kappa shape index (κ1) is 14.5. The van der Waals surface area contributed by atoms with Crippen LogP contribution in [0, 0.1) is 17.8 Å². The quantitative estimate of drug-likeness (QED) is 0.801. The SMILES string of the molecule is CCN(CC(C)C)C(=O)C1CCC(CN)CC1. The second-order valence-corrected chi connectivity index (χ2v) is 5.72. The Bertz CT molecular complexity index is 232. The lowest BCUT2D eigenvalue weighted by molar-refractivity contribution is -0.137. The van der Waals surface area contributed by atoms with Crippen LogP contribution < -0.4 is 5.73 Å². The Morgan fingerprint density at radius 1 is 1.29 bits per heavy atom. The van der Waals surface area contributed by atoms with Crippen LogP contribution >= 0.6 is 0 Å². The molecule has 0 aromatic heterocycles. The lowest BCUT2D eigenvalue weighted by Gasteiger charge is -2.32. The van der Waals surface area contributed by atoms with Gasteiger partial charge in [-0.25, -0.2) is 0 Å². The second-order valence-electron chi connectivity index (χ2n) is 5.72. The first-order valence-electron chi connectivity index (χ1n) is 7.07. The molecule has 1 rings (SSSR count). The monoisotopic (exact) mass is 240 g/mol. The smallest absolute Gasteiger partial charge is 0.225 e. The molecule has 3 nitrogen and oxygen atoms in total. The van der Waals surface area contributed by atoms with Crippen LogP contribution in [0.2, 0.25) is 0 Å². The molecule has 2 N–H and O–H groups in total. The Balaban J connectivity index is 2.46. The van der Waals surface area contributed by atoms with Gasteiger partial charge in [-0.3, -0.25) is 4.79 Å². The van der Waals surface area contributed by atoms with E-state index in [2.05, 4.69) is 20.8 Å². The lowest BCUT2D eigenvalue weighted by Crippen LogP contribution is -2.40. The molecule has 3 heteroatoms. The third kappa shape index (κ3) is 4.30. The van der Waals surface area contributed by atoms with Gasteiger partial charge < -0.3 is 10.6 Å². The van der Waals surface area contributed by atoms with Gasteiger partial charge in [-0.1, -0.05) is 13.8 Å². The van der Waals surface area contributed by atoms with Crippen molar-refractivity contribution in [2.24, 2.45) is 23.5 Å². The van der Waals surface area contributed by atoms with Crippen molar-refractivity contribution >= 4 is 5.91 Å². The van der Waals surface area contributed by atoms with Crippen LogP contribution in [0.3, 0.4) is 0 Å². The van der Waals surface area contributed by atoms with Gasteiger partial charge in [0, 0.05) is 19.0 Å². The van der Waals surface area contributed by atoms with Gasteiger partial charge in [0.15, 0.2) is 0 Å². The highest BCUT2D eigenvalue weighted by Gasteiger charge is 2.28. The molecule has 0 radical (unpaired) electrons. The zero-order valence-electron chi connectivity index (χ0n) is 11.6. The van der Waals surface area contributed by atoms with Crippen LogP contribution in [0.5, 0.6) is 0 Å². The zero-order chi connectivity index (χ0) is 12.8. The number of nitrogens with zero attached hydrogens (tertiary/aromatic N) is 1. The average Bonchev–Trinajstić information content (AvgIpc) is 2.35. The van der Waals surface area contributed by atoms with Crippen LogP contribution in [-0.4, -0.2) is 30.4 Å². The minimum atomic E-state index is 0.261. The van der Waals surface area contributed by atoms with E-state index in [1.54, 1.807) is 0 Å². The summed E-state index contributed by atoms with van der Waals surface area (Å²) in [6.45, 7) is 8.93. The predicted molar refractivity (Wildman–Crippen MR) is 71.6 cm³/mol. The van der Waals surface area contributed by atoms with Crippen molar-refractivity contribution in [2.75, 3.05) is 19.6 Å². The molecule has 1 aliphatic rings. The molecule has 1 amide bonds. The molecule has 100 valence electrons. The van der Waals surface area contributed by atoms with E-state index in [4.69, 9.17) is 5.73 Å². The summed E-state index contributed by atoms with van der Waals surface area (Å²) in [6.07, 6.45) is 4.34. The van der Waals surface area contributed by atoms with Gasteiger partial charge in [0.2, 0.25) is 5.91 Å². The number of carbonyl (C=O) groups is 1. The van der Waals surface area contributed by atoms with Crippen LogP contribution in [0.15, 0.2) is 0 Å². The highest BCUT2D eigenvalue weighted by molar-refractivity contribution is 5.78. The molecule has 1 fully saturated rings. The first-order valence-corrected chi connectivity index (χ1v) is 7.07. The fourth-order valence-corrected chi connectivity index (χ4v) is 2.72.